The van der Waals surface area contributed by atoms with Gasteiger partial charge in [-0.1, -0.05) is 0 Å². The van der Waals surface area contributed by atoms with Crippen molar-refractivity contribution in [2.75, 3.05) is 7.11 Å². The van der Waals surface area contributed by atoms with Gasteiger partial charge in [0.25, 0.3) is 0 Å². The zero-order valence-electron chi connectivity index (χ0n) is 16.3. The molecule has 3 N–H and O–H groups in total. The molecule has 0 unspecified atom stereocenters. The van der Waals surface area contributed by atoms with E-state index in [-0.39, 0.29) is 5.54 Å². The Labute approximate surface area is 166 Å². The van der Waals surface area contributed by atoms with Crippen molar-refractivity contribution in [1.29, 1.82) is 0 Å². The molecule has 29 heavy (non-hydrogen) atoms. The highest BCUT2D eigenvalue weighted by molar-refractivity contribution is 5.75. The van der Waals surface area contributed by atoms with Crippen molar-refractivity contribution in [3.63, 3.8) is 0 Å². The van der Waals surface area contributed by atoms with Crippen LogP contribution in [0.25, 0.3) is 0 Å². The molecular formula is C19H25F3N2O5. The maximum absolute atomic E-state index is 11.5. The van der Waals surface area contributed by atoms with E-state index >= 15 is 0 Å². The van der Waals surface area contributed by atoms with Gasteiger partial charge in [0, 0.05) is 18.3 Å². The van der Waals surface area contributed by atoms with E-state index in [1.165, 1.54) is 0 Å². The fraction of sp³-hybridized carbons (Fsp3) is 0.632. The summed E-state index contributed by atoms with van der Waals surface area (Å²) < 4.78 is 37.1. The predicted molar refractivity (Wildman–Crippen MR) is 96.6 cm³/mol. The number of nitrogens with one attached hydrogen (secondary N) is 1. The smallest absolute Gasteiger partial charge is 0.490 e. The van der Waals surface area contributed by atoms with Crippen LogP contribution in [0.2, 0.25) is 0 Å². The first-order valence-corrected chi connectivity index (χ1v) is 9.21. The predicted octanol–water partition coefficient (Wildman–Crippen LogP) is 3.30. The van der Waals surface area contributed by atoms with Crippen molar-refractivity contribution < 1.29 is 37.7 Å². The molecule has 3 aliphatic carbocycles. The summed E-state index contributed by atoms with van der Waals surface area (Å²) in [5.74, 6) is -2.55. The number of fused-ring (bicyclic) bond motifs is 3. The quantitative estimate of drug-likeness (QED) is 0.673. The molecule has 1 aromatic heterocycles. The van der Waals surface area contributed by atoms with Crippen LogP contribution in [-0.2, 0) is 16.1 Å². The number of hydrogen-bond donors (Lipinski definition) is 3. The van der Waals surface area contributed by atoms with E-state index in [0.717, 1.165) is 61.9 Å². The molecular weight excluding hydrogens is 393 g/mol. The van der Waals surface area contributed by atoms with Gasteiger partial charge < -0.3 is 20.3 Å². The maximum atomic E-state index is 11.5. The lowest BCUT2D eigenvalue weighted by atomic mass is 9.57. The van der Waals surface area contributed by atoms with Gasteiger partial charge in [-0.3, -0.25) is 9.78 Å². The molecule has 3 fully saturated rings. The van der Waals surface area contributed by atoms with Crippen LogP contribution in [0, 0.1) is 12.3 Å². The lowest BCUT2D eigenvalue weighted by Crippen LogP contribution is -2.56. The summed E-state index contributed by atoms with van der Waals surface area (Å²) in [7, 11) is 1.66. The fourth-order valence-electron chi connectivity index (χ4n) is 3.99. The maximum Gasteiger partial charge on any atom is 0.490 e. The summed E-state index contributed by atoms with van der Waals surface area (Å²) in [4.78, 5) is 24.6. The number of methoxy groups -OCH3 is 1. The SMILES string of the molecule is COc1cncc(CNC23CCC(C(=O)O)(CC2)CC3)c1C.O=C(O)C(F)(F)F. The molecule has 3 saturated carbocycles. The van der Waals surface area contributed by atoms with Crippen molar-refractivity contribution in [3.05, 3.63) is 23.5 Å². The summed E-state index contributed by atoms with van der Waals surface area (Å²) >= 11 is 0. The van der Waals surface area contributed by atoms with Gasteiger partial charge in [0.15, 0.2) is 0 Å². The van der Waals surface area contributed by atoms with Crippen LogP contribution >= 0.6 is 0 Å². The Morgan fingerprint density at radius 2 is 1.66 bits per heavy atom. The number of carboxylic acids is 2. The van der Waals surface area contributed by atoms with Crippen molar-refractivity contribution >= 4 is 11.9 Å². The Morgan fingerprint density at radius 1 is 1.14 bits per heavy atom. The third kappa shape index (κ3) is 5.17. The van der Waals surface area contributed by atoms with E-state index in [0.29, 0.717) is 0 Å². The highest BCUT2D eigenvalue weighted by Crippen LogP contribution is 2.52. The average Bonchev–Trinajstić information content (AvgIpc) is 2.68. The zero-order valence-corrected chi connectivity index (χ0v) is 16.3. The molecule has 0 spiro atoms. The first-order chi connectivity index (χ1) is 13.4. The molecule has 1 heterocycles. The van der Waals surface area contributed by atoms with Crippen molar-refractivity contribution in [2.45, 2.75) is 63.7 Å². The third-order valence-electron chi connectivity index (χ3n) is 6.09. The molecule has 4 rings (SSSR count). The first-order valence-electron chi connectivity index (χ1n) is 9.21. The Hall–Kier alpha value is -2.36. The topological polar surface area (TPSA) is 109 Å². The molecule has 162 valence electrons. The zero-order chi connectivity index (χ0) is 21.9. The van der Waals surface area contributed by atoms with Crippen LogP contribution in [-0.4, -0.2) is 46.0 Å². The minimum atomic E-state index is -5.08. The largest absolute Gasteiger partial charge is 0.495 e. The van der Waals surface area contributed by atoms with Crippen LogP contribution in [0.4, 0.5) is 13.2 Å². The fourth-order valence-corrected chi connectivity index (χ4v) is 3.99. The third-order valence-corrected chi connectivity index (χ3v) is 6.09. The van der Waals surface area contributed by atoms with Gasteiger partial charge in [0.2, 0.25) is 0 Å². The van der Waals surface area contributed by atoms with Crippen LogP contribution in [0.15, 0.2) is 12.4 Å². The molecule has 0 aromatic carbocycles. The average molecular weight is 418 g/mol. The minimum absolute atomic E-state index is 0.104. The molecule has 7 nitrogen and oxygen atoms in total. The molecule has 1 aromatic rings. The minimum Gasteiger partial charge on any atom is -0.495 e. The van der Waals surface area contributed by atoms with E-state index in [1.54, 1.807) is 13.3 Å². The second-order valence-corrected chi connectivity index (χ2v) is 7.65. The van der Waals surface area contributed by atoms with Crippen molar-refractivity contribution in [1.82, 2.24) is 10.3 Å². The second-order valence-electron chi connectivity index (χ2n) is 7.65. The second kappa shape index (κ2) is 8.56. The van der Waals surface area contributed by atoms with Crippen LogP contribution in [0.1, 0.15) is 49.7 Å². The van der Waals surface area contributed by atoms with Gasteiger partial charge in [0.05, 0.1) is 18.7 Å². The lowest BCUT2D eigenvalue weighted by molar-refractivity contribution is -0.192. The number of pyridine rings is 1. The van der Waals surface area contributed by atoms with E-state index in [2.05, 4.69) is 10.3 Å². The standard InChI is InChI=1S/C17H24N2O3.C2HF3O2/c1-12-13(9-18-11-14(12)22-2)10-19-17-6-3-16(4-7-17,5-8-17)15(20)21;3-2(4,5)1(6)7/h9,11,19H,3-8,10H2,1-2H3,(H,20,21);(H,6,7). The van der Waals surface area contributed by atoms with E-state index in [4.69, 9.17) is 14.6 Å². The number of aliphatic carboxylic acids is 2. The molecule has 0 radical (unpaired) electrons. The van der Waals surface area contributed by atoms with Gasteiger partial charge in [-0.25, -0.2) is 4.79 Å². The Balaban J connectivity index is 0.000000370. The number of rotatable bonds is 5. The van der Waals surface area contributed by atoms with Gasteiger partial charge in [-0.2, -0.15) is 13.2 Å². The molecule has 10 heteroatoms. The molecule has 0 amide bonds. The number of nitrogens with zero attached hydrogens (tertiary/aromatic N) is 1. The number of aromatic nitrogens is 1. The van der Waals surface area contributed by atoms with Crippen molar-refractivity contribution in [3.8, 4) is 5.75 Å². The van der Waals surface area contributed by atoms with Gasteiger partial charge in [-0.05, 0) is 56.6 Å². The summed E-state index contributed by atoms with van der Waals surface area (Å²) in [6.45, 7) is 2.81. The molecule has 0 atom stereocenters. The van der Waals surface area contributed by atoms with E-state index < -0.39 is 23.5 Å². The summed E-state index contributed by atoms with van der Waals surface area (Å²) in [5.41, 5.74) is 1.92. The first kappa shape index (κ1) is 22.9. The molecule has 0 saturated heterocycles. The highest BCUT2D eigenvalue weighted by Gasteiger charge is 2.52. The van der Waals surface area contributed by atoms with E-state index in [9.17, 15) is 23.1 Å². The number of halogens is 3. The van der Waals surface area contributed by atoms with Crippen molar-refractivity contribution in [2.24, 2.45) is 5.41 Å². The summed E-state index contributed by atoms with van der Waals surface area (Å²) in [5, 5.41) is 20.3. The van der Waals surface area contributed by atoms with E-state index in [1.807, 2.05) is 13.1 Å². The number of hydrogen-bond acceptors (Lipinski definition) is 5. The highest BCUT2D eigenvalue weighted by atomic mass is 19.4. The van der Waals surface area contributed by atoms with Gasteiger partial charge in [0.1, 0.15) is 5.75 Å². The molecule has 2 bridgehead atoms. The van der Waals surface area contributed by atoms with Gasteiger partial charge >= 0.3 is 18.1 Å². The van der Waals surface area contributed by atoms with Crippen LogP contribution in [0.3, 0.4) is 0 Å². The summed E-state index contributed by atoms with van der Waals surface area (Å²) in [6.07, 6.45) is 3.79. The van der Waals surface area contributed by atoms with Crippen LogP contribution in [0.5, 0.6) is 5.75 Å². The monoisotopic (exact) mass is 418 g/mol. The Bertz CT molecular complexity index is 742. The Morgan fingerprint density at radius 3 is 2.07 bits per heavy atom. The van der Waals surface area contributed by atoms with Crippen LogP contribution < -0.4 is 10.1 Å². The molecule has 0 aliphatic heterocycles. The number of ether oxygens (including phenoxy) is 1. The van der Waals surface area contributed by atoms with Gasteiger partial charge in [-0.15, -0.1) is 0 Å². The molecule has 3 aliphatic rings. The number of alkyl halides is 3. The normalized spacial score (nSPS) is 25.7. The Kier molecular flexibility index (Phi) is 6.77. The number of carbonyl (C=O) groups is 2. The number of carboxylic acid groups (broad SMARTS) is 2. The lowest BCUT2D eigenvalue weighted by Gasteiger charge is -2.51. The summed E-state index contributed by atoms with van der Waals surface area (Å²) in [6, 6.07) is 0.